The summed E-state index contributed by atoms with van der Waals surface area (Å²) in [5.41, 5.74) is 0.863. The zero-order valence-corrected chi connectivity index (χ0v) is 15.2. The van der Waals surface area contributed by atoms with Crippen molar-refractivity contribution in [1.29, 1.82) is 0 Å². The van der Waals surface area contributed by atoms with E-state index in [-0.39, 0.29) is 12.5 Å². The molecule has 1 unspecified atom stereocenters. The van der Waals surface area contributed by atoms with Crippen molar-refractivity contribution >= 4 is 5.91 Å². The zero-order chi connectivity index (χ0) is 18.4. The molecule has 0 radical (unpaired) electrons. The molecule has 0 spiro atoms. The number of likely N-dealkylation sites (N-methyl/N-ethyl adjacent to an activating group) is 1. The molecule has 1 N–H and O–H groups in total. The number of nitrogens with zero attached hydrogens (tertiary/aromatic N) is 6. The van der Waals surface area contributed by atoms with Gasteiger partial charge in [-0.3, -0.25) is 9.69 Å². The van der Waals surface area contributed by atoms with Crippen molar-refractivity contribution < 1.29 is 9.90 Å². The normalized spacial score (nSPS) is 15.9. The molecule has 1 atom stereocenters. The highest BCUT2D eigenvalue weighted by Crippen LogP contribution is 2.16. The zero-order valence-electron chi connectivity index (χ0n) is 15.2. The van der Waals surface area contributed by atoms with Gasteiger partial charge >= 0.3 is 0 Å². The van der Waals surface area contributed by atoms with Crippen LogP contribution in [0.3, 0.4) is 0 Å². The highest BCUT2D eigenvalue weighted by Gasteiger charge is 2.19. The Bertz CT molecular complexity index is 699. The lowest BCUT2D eigenvalue weighted by atomic mass is 10.1. The van der Waals surface area contributed by atoms with E-state index < -0.39 is 6.10 Å². The molecule has 1 amide bonds. The van der Waals surface area contributed by atoms with Crippen LogP contribution < -0.4 is 0 Å². The first-order valence-electron chi connectivity index (χ1n) is 9.08. The molecule has 1 aliphatic rings. The molecule has 8 heteroatoms. The fourth-order valence-corrected chi connectivity index (χ4v) is 3.13. The van der Waals surface area contributed by atoms with Gasteiger partial charge in [-0.15, -0.1) is 5.10 Å². The van der Waals surface area contributed by atoms with Gasteiger partial charge in [0, 0.05) is 13.6 Å². The molecule has 1 aromatic heterocycles. The van der Waals surface area contributed by atoms with Crippen molar-refractivity contribution in [3.8, 4) is 0 Å². The maximum absolute atomic E-state index is 12.5. The number of amides is 1. The maximum atomic E-state index is 12.5. The molecule has 3 rings (SSSR count). The average molecular weight is 358 g/mol. The van der Waals surface area contributed by atoms with Crippen molar-refractivity contribution in [2.45, 2.75) is 38.5 Å². The SMILES string of the molecule is CN(CCC(O)c1ccccc1)C(=O)Cn1nnnc1CN1CCCC1. The predicted molar refractivity (Wildman–Crippen MR) is 96.0 cm³/mol. The predicted octanol–water partition coefficient (Wildman–Crippen LogP) is 0.851. The van der Waals surface area contributed by atoms with Crippen LogP contribution in [0.1, 0.15) is 36.8 Å². The van der Waals surface area contributed by atoms with Crippen LogP contribution in [0.5, 0.6) is 0 Å². The largest absolute Gasteiger partial charge is 0.388 e. The summed E-state index contributed by atoms with van der Waals surface area (Å²) in [5.74, 6) is 0.651. The number of rotatable bonds is 8. The smallest absolute Gasteiger partial charge is 0.244 e. The lowest BCUT2D eigenvalue weighted by Gasteiger charge is -2.20. The summed E-state index contributed by atoms with van der Waals surface area (Å²) in [6, 6.07) is 9.48. The Hall–Kier alpha value is -2.32. The van der Waals surface area contributed by atoms with Crippen molar-refractivity contribution in [1.82, 2.24) is 30.0 Å². The van der Waals surface area contributed by atoms with E-state index in [2.05, 4.69) is 20.4 Å². The summed E-state index contributed by atoms with van der Waals surface area (Å²) in [5, 5.41) is 22.0. The molecule has 1 aliphatic heterocycles. The van der Waals surface area contributed by atoms with Gasteiger partial charge in [0.25, 0.3) is 0 Å². The van der Waals surface area contributed by atoms with Gasteiger partial charge in [0.1, 0.15) is 6.54 Å². The lowest BCUT2D eigenvalue weighted by molar-refractivity contribution is -0.131. The summed E-state index contributed by atoms with van der Waals surface area (Å²) >= 11 is 0. The molecular formula is C18H26N6O2. The first-order valence-corrected chi connectivity index (χ1v) is 9.08. The van der Waals surface area contributed by atoms with Gasteiger partial charge in [-0.05, 0) is 48.3 Å². The van der Waals surface area contributed by atoms with Gasteiger partial charge in [-0.1, -0.05) is 30.3 Å². The van der Waals surface area contributed by atoms with E-state index in [1.807, 2.05) is 30.3 Å². The van der Waals surface area contributed by atoms with Crippen LogP contribution in [-0.2, 0) is 17.9 Å². The Kier molecular flexibility index (Phi) is 6.30. The van der Waals surface area contributed by atoms with Gasteiger partial charge in [0.05, 0.1) is 12.6 Å². The van der Waals surface area contributed by atoms with Crippen molar-refractivity contribution in [2.75, 3.05) is 26.7 Å². The summed E-state index contributed by atoms with van der Waals surface area (Å²) in [7, 11) is 1.74. The Morgan fingerprint density at radius 3 is 2.73 bits per heavy atom. The number of tetrazole rings is 1. The number of likely N-dealkylation sites (tertiary alicyclic amines) is 1. The second kappa shape index (κ2) is 8.86. The van der Waals surface area contributed by atoms with Crippen LogP contribution >= 0.6 is 0 Å². The molecule has 1 fully saturated rings. The summed E-state index contributed by atoms with van der Waals surface area (Å²) in [6.45, 7) is 3.37. The number of aromatic nitrogens is 4. The highest BCUT2D eigenvalue weighted by molar-refractivity contribution is 5.75. The second-order valence-corrected chi connectivity index (χ2v) is 6.77. The Labute approximate surface area is 153 Å². The number of carbonyl (C=O) groups excluding carboxylic acids is 1. The van der Waals surface area contributed by atoms with Gasteiger partial charge < -0.3 is 10.0 Å². The molecular weight excluding hydrogens is 332 g/mol. The minimum absolute atomic E-state index is 0.0692. The molecule has 0 aliphatic carbocycles. The van der Waals surface area contributed by atoms with E-state index in [9.17, 15) is 9.90 Å². The number of aliphatic hydroxyl groups excluding tert-OH is 1. The summed E-state index contributed by atoms with van der Waals surface area (Å²) in [4.78, 5) is 16.4. The van der Waals surface area contributed by atoms with Crippen LogP contribution in [-0.4, -0.2) is 67.7 Å². The van der Waals surface area contributed by atoms with E-state index in [1.54, 1.807) is 16.6 Å². The van der Waals surface area contributed by atoms with Crippen molar-refractivity contribution in [3.63, 3.8) is 0 Å². The molecule has 1 saturated heterocycles. The second-order valence-electron chi connectivity index (χ2n) is 6.77. The van der Waals surface area contributed by atoms with E-state index in [0.717, 1.165) is 24.5 Å². The minimum Gasteiger partial charge on any atom is -0.388 e. The van der Waals surface area contributed by atoms with E-state index in [0.29, 0.717) is 19.5 Å². The topological polar surface area (TPSA) is 87.4 Å². The monoisotopic (exact) mass is 358 g/mol. The van der Waals surface area contributed by atoms with Crippen LogP contribution in [0.4, 0.5) is 0 Å². The lowest BCUT2D eigenvalue weighted by Crippen LogP contribution is -2.33. The summed E-state index contributed by atoms with van der Waals surface area (Å²) in [6.07, 6.45) is 2.31. The van der Waals surface area contributed by atoms with Gasteiger partial charge in [-0.2, -0.15) is 0 Å². The summed E-state index contributed by atoms with van der Waals surface area (Å²) < 4.78 is 1.57. The first-order chi connectivity index (χ1) is 12.6. The minimum atomic E-state index is -0.579. The van der Waals surface area contributed by atoms with Crippen LogP contribution in [0, 0.1) is 0 Å². The molecule has 0 saturated carbocycles. The molecule has 2 heterocycles. The maximum Gasteiger partial charge on any atom is 0.244 e. The third-order valence-electron chi connectivity index (χ3n) is 4.80. The molecule has 1 aromatic carbocycles. The number of aliphatic hydroxyl groups is 1. The fourth-order valence-electron chi connectivity index (χ4n) is 3.13. The van der Waals surface area contributed by atoms with Crippen LogP contribution in [0.15, 0.2) is 30.3 Å². The molecule has 8 nitrogen and oxygen atoms in total. The Balaban J connectivity index is 1.49. The average Bonchev–Trinajstić information content (AvgIpc) is 3.33. The Morgan fingerprint density at radius 2 is 2.00 bits per heavy atom. The van der Waals surface area contributed by atoms with Crippen molar-refractivity contribution in [3.05, 3.63) is 41.7 Å². The number of carbonyl (C=O) groups is 1. The van der Waals surface area contributed by atoms with E-state index in [4.69, 9.17) is 0 Å². The fraction of sp³-hybridized carbons (Fsp3) is 0.556. The molecule has 0 bridgehead atoms. The highest BCUT2D eigenvalue weighted by atomic mass is 16.3. The number of hydrogen-bond acceptors (Lipinski definition) is 6. The van der Waals surface area contributed by atoms with E-state index >= 15 is 0 Å². The van der Waals surface area contributed by atoms with Crippen LogP contribution in [0.25, 0.3) is 0 Å². The third kappa shape index (κ3) is 4.86. The quantitative estimate of drug-likeness (QED) is 0.753. The van der Waals surface area contributed by atoms with Crippen molar-refractivity contribution in [2.24, 2.45) is 0 Å². The van der Waals surface area contributed by atoms with Gasteiger partial charge in [-0.25, -0.2) is 4.68 Å². The molecule has 26 heavy (non-hydrogen) atoms. The third-order valence-corrected chi connectivity index (χ3v) is 4.80. The molecule has 140 valence electrons. The standard InChI is InChI=1S/C18H26N6O2/c1-22(12-9-16(25)15-7-3-2-4-8-15)18(26)14-24-17(19-20-21-24)13-23-10-5-6-11-23/h2-4,7-8,16,25H,5-6,9-14H2,1H3. The number of benzene rings is 1. The number of hydrogen-bond donors (Lipinski definition) is 1. The van der Waals surface area contributed by atoms with E-state index in [1.165, 1.54) is 12.8 Å². The first kappa shape index (κ1) is 18.5. The van der Waals surface area contributed by atoms with Gasteiger partial charge in [0.15, 0.2) is 5.82 Å². The Morgan fingerprint density at radius 1 is 1.27 bits per heavy atom. The van der Waals surface area contributed by atoms with Gasteiger partial charge in [0.2, 0.25) is 5.91 Å². The molecule has 2 aromatic rings. The van der Waals surface area contributed by atoms with Crippen LogP contribution in [0.2, 0.25) is 0 Å².